The molecule has 0 aliphatic carbocycles. The van der Waals surface area contributed by atoms with Crippen LogP contribution in [-0.4, -0.2) is 22.1 Å². The number of thioether (sulfide) groups is 2. The second kappa shape index (κ2) is 9.82. The fourth-order valence-corrected chi connectivity index (χ4v) is 4.01. The molecule has 0 saturated heterocycles. The molecule has 0 aliphatic heterocycles. The lowest BCUT2D eigenvalue weighted by Gasteiger charge is -2.15. The van der Waals surface area contributed by atoms with Gasteiger partial charge in [0.2, 0.25) is 0 Å². The molecule has 0 saturated carbocycles. The van der Waals surface area contributed by atoms with Gasteiger partial charge < -0.3 is 0 Å². The third kappa shape index (κ3) is 4.58. The van der Waals surface area contributed by atoms with Crippen molar-refractivity contribution < 1.29 is 0 Å². The second-order valence-electron chi connectivity index (χ2n) is 6.54. The van der Waals surface area contributed by atoms with E-state index in [-0.39, 0.29) is 11.2 Å². The lowest BCUT2D eigenvalue weighted by Crippen LogP contribution is -2.22. The Bertz CT molecular complexity index is 1080. The van der Waals surface area contributed by atoms with Gasteiger partial charge in [-0.05, 0) is 55.2 Å². The fraction of sp³-hybridized carbons (Fsp3) is 0.261. The van der Waals surface area contributed by atoms with Gasteiger partial charge in [-0.25, -0.2) is 9.83 Å². The number of rotatable bonds is 7. The van der Waals surface area contributed by atoms with E-state index >= 15 is 0 Å². The molecule has 0 N–H and O–H groups in total. The minimum Gasteiger partial charge on any atom is -0.282 e. The van der Waals surface area contributed by atoms with Crippen molar-refractivity contribution >= 4 is 29.2 Å². The normalized spacial score (nSPS) is 10.7. The van der Waals surface area contributed by atoms with Gasteiger partial charge in [-0.1, -0.05) is 37.6 Å². The number of benzene rings is 2. The fourth-order valence-electron chi connectivity index (χ4n) is 3.10. The molecule has 0 bridgehead atoms. The predicted molar refractivity (Wildman–Crippen MR) is 124 cm³/mol. The van der Waals surface area contributed by atoms with Gasteiger partial charge in [0.05, 0.1) is 6.57 Å². The zero-order chi connectivity index (χ0) is 20.8. The van der Waals surface area contributed by atoms with Crippen molar-refractivity contribution in [2.24, 2.45) is 0 Å². The maximum absolute atomic E-state index is 13.2. The second-order valence-corrected chi connectivity index (χ2v) is 8.22. The number of unbranched alkanes of at least 4 members (excludes halogenated alkanes) is 1. The topological polar surface area (TPSA) is 39.2 Å². The van der Waals surface area contributed by atoms with E-state index in [1.807, 2.05) is 48.9 Å². The van der Waals surface area contributed by atoms with Gasteiger partial charge in [0, 0.05) is 16.1 Å². The summed E-state index contributed by atoms with van der Waals surface area (Å²) in [5.74, 6) is 0.556. The zero-order valence-electron chi connectivity index (χ0n) is 16.8. The molecule has 3 rings (SSSR count). The summed E-state index contributed by atoms with van der Waals surface area (Å²) in [6.07, 6.45) is 7.17. The molecule has 148 valence electrons. The highest BCUT2D eigenvalue weighted by molar-refractivity contribution is 7.98. The molecule has 0 fully saturated rings. The molecular weight excluding hydrogens is 398 g/mol. The van der Waals surface area contributed by atoms with Crippen LogP contribution in [0.25, 0.3) is 21.9 Å². The molecule has 29 heavy (non-hydrogen) atoms. The van der Waals surface area contributed by atoms with E-state index in [1.54, 1.807) is 16.3 Å². The molecule has 0 unspecified atom stereocenters. The highest BCUT2D eigenvalue weighted by atomic mass is 32.2. The van der Waals surface area contributed by atoms with Crippen molar-refractivity contribution in [2.75, 3.05) is 12.5 Å². The van der Waals surface area contributed by atoms with Crippen LogP contribution in [0, 0.1) is 6.57 Å². The first kappa shape index (κ1) is 21.2. The monoisotopic (exact) mass is 421 g/mol. The molecule has 2 aromatic carbocycles. The molecule has 0 amide bonds. The summed E-state index contributed by atoms with van der Waals surface area (Å²) in [4.78, 5) is 22.6. The molecule has 0 atom stereocenters. The molecule has 4 nitrogen and oxygen atoms in total. The summed E-state index contributed by atoms with van der Waals surface area (Å²) >= 11 is 2.99. The number of aryl methyl sites for hydroxylation is 1. The SMILES string of the molecule is [C-]#[N+]c1c(SC)nc(-c2ccc(SC)cc2)n(-c2ccc(CCCC)cc2)c1=O. The molecule has 3 aromatic rings. The lowest BCUT2D eigenvalue weighted by molar-refractivity contribution is 0.794. The number of nitrogens with zero attached hydrogens (tertiary/aromatic N) is 3. The van der Waals surface area contributed by atoms with E-state index in [0.717, 1.165) is 35.4 Å². The van der Waals surface area contributed by atoms with Gasteiger partial charge in [-0.15, -0.1) is 23.5 Å². The first-order valence-electron chi connectivity index (χ1n) is 9.45. The van der Waals surface area contributed by atoms with Crippen molar-refractivity contribution in [2.45, 2.75) is 36.1 Å². The molecule has 1 heterocycles. The molecule has 0 radical (unpaired) electrons. The Labute approximate surface area is 180 Å². The molecule has 0 aliphatic rings. The Hall–Kier alpha value is -2.49. The van der Waals surface area contributed by atoms with Crippen LogP contribution in [0.15, 0.2) is 63.2 Å². The van der Waals surface area contributed by atoms with Crippen LogP contribution in [0.1, 0.15) is 25.3 Å². The summed E-state index contributed by atoms with van der Waals surface area (Å²) in [7, 11) is 0. The third-order valence-electron chi connectivity index (χ3n) is 4.69. The summed E-state index contributed by atoms with van der Waals surface area (Å²) in [5.41, 5.74) is 2.56. The maximum atomic E-state index is 13.2. The van der Waals surface area contributed by atoms with Crippen LogP contribution in [0.4, 0.5) is 5.69 Å². The van der Waals surface area contributed by atoms with E-state index in [9.17, 15) is 4.79 Å². The number of hydrogen-bond donors (Lipinski definition) is 0. The summed E-state index contributed by atoms with van der Waals surface area (Å²) in [6, 6.07) is 16.0. The van der Waals surface area contributed by atoms with Crippen molar-refractivity contribution in [1.82, 2.24) is 9.55 Å². The summed E-state index contributed by atoms with van der Waals surface area (Å²) in [5, 5.41) is 0.463. The average Bonchev–Trinajstić information content (AvgIpc) is 2.77. The van der Waals surface area contributed by atoms with E-state index in [0.29, 0.717) is 10.9 Å². The third-order valence-corrected chi connectivity index (χ3v) is 6.11. The van der Waals surface area contributed by atoms with Crippen LogP contribution in [-0.2, 0) is 6.42 Å². The van der Waals surface area contributed by atoms with Gasteiger partial charge in [0.1, 0.15) is 10.9 Å². The van der Waals surface area contributed by atoms with Gasteiger partial charge >= 0.3 is 0 Å². The quantitative estimate of drug-likeness (QED) is 0.257. The lowest BCUT2D eigenvalue weighted by atomic mass is 10.1. The Morgan fingerprint density at radius 1 is 1.03 bits per heavy atom. The molecule has 1 aromatic heterocycles. The molecular formula is C23H23N3OS2. The standard InChI is InChI=1S/C23H23N3OS2/c1-5-6-7-16-8-12-18(13-9-16)26-21(17-10-14-19(28-3)15-11-17)25-22(29-4)20(24-2)23(26)27/h8-15H,5-7H2,1,3-4H3. The van der Waals surface area contributed by atoms with Gasteiger partial charge in [-0.3, -0.25) is 9.36 Å². The van der Waals surface area contributed by atoms with Gasteiger partial charge in [0.25, 0.3) is 11.2 Å². The largest absolute Gasteiger partial charge is 0.282 e. The van der Waals surface area contributed by atoms with Gasteiger partial charge in [0.15, 0.2) is 0 Å². The Morgan fingerprint density at radius 2 is 1.72 bits per heavy atom. The van der Waals surface area contributed by atoms with Crippen molar-refractivity contribution in [3.63, 3.8) is 0 Å². The first-order chi connectivity index (χ1) is 14.1. The smallest absolute Gasteiger partial charge is 0.282 e. The first-order valence-corrected chi connectivity index (χ1v) is 11.9. The minimum atomic E-state index is -0.329. The van der Waals surface area contributed by atoms with Crippen LogP contribution in [0.3, 0.4) is 0 Å². The Balaban J connectivity index is 2.20. The number of hydrogen-bond acceptors (Lipinski definition) is 4. The van der Waals surface area contributed by atoms with Crippen LogP contribution in [0.2, 0.25) is 0 Å². The van der Waals surface area contributed by atoms with Crippen molar-refractivity contribution in [3.05, 3.63) is 75.9 Å². The highest BCUT2D eigenvalue weighted by Crippen LogP contribution is 2.29. The van der Waals surface area contributed by atoms with Crippen LogP contribution in [0.5, 0.6) is 0 Å². The van der Waals surface area contributed by atoms with Gasteiger partial charge in [-0.2, -0.15) is 0 Å². The summed E-state index contributed by atoms with van der Waals surface area (Å²) in [6.45, 7) is 9.66. The van der Waals surface area contributed by atoms with E-state index < -0.39 is 0 Å². The minimum absolute atomic E-state index is 0.0667. The Kier molecular flexibility index (Phi) is 7.18. The molecule has 6 heteroatoms. The number of aromatic nitrogens is 2. The van der Waals surface area contributed by atoms with E-state index in [2.05, 4.69) is 23.9 Å². The van der Waals surface area contributed by atoms with Crippen molar-refractivity contribution in [1.29, 1.82) is 0 Å². The zero-order valence-corrected chi connectivity index (χ0v) is 18.4. The Morgan fingerprint density at radius 3 is 2.28 bits per heavy atom. The predicted octanol–water partition coefficient (Wildman–Crippen LogP) is 6.24. The average molecular weight is 422 g/mol. The maximum Gasteiger partial charge on any atom is 0.282 e. The summed E-state index contributed by atoms with van der Waals surface area (Å²) < 4.78 is 1.56. The van der Waals surface area contributed by atoms with Crippen LogP contribution >= 0.6 is 23.5 Å². The highest BCUT2D eigenvalue weighted by Gasteiger charge is 2.19. The van der Waals surface area contributed by atoms with E-state index in [1.165, 1.54) is 17.3 Å². The van der Waals surface area contributed by atoms with Crippen LogP contribution < -0.4 is 5.56 Å². The molecule has 0 spiro atoms. The van der Waals surface area contributed by atoms with E-state index in [4.69, 9.17) is 11.6 Å². The van der Waals surface area contributed by atoms with Crippen molar-refractivity contribution in [3.8, 4) is 17.1 Å².